The Morgan fingerprint density at radius 2 is 1.67 bits per heavy atom. The first kappa shape index (κ1) is 11.7. The lowest BCUT2D eigenvalue weighted by Gasteiger charge is -2.16. The van der Waals surface area contributed by atoms with E-state index in [0.717, 1.165) is 10.9 Å². The number of hydrogen-bond acceptors (Lipinski definition) is 0. The molecule has 2 heteroatoms. The van der Waals surface area contributed by atoms with Gasteiger partial charge in [-0.05, 0) is 12.5 Å². The van der Waals surface area contributed by atoms with E-state index in [-0.39, 0.29) is 12.4 Å². The van der Waals surface area contributed by atoms with Gasteiger partial charge in [0.1, 0.15) is 0 Å². The van der Waals surface area contributed by atoms with Crippen LogP contribution in [0.3, 0.4) is 0 Å². The van der Waals surface area contributed by atoms with Crippen LogP contribution in [-0.2, 0) is 0 Å². The monoisotopic (exact) mass is 149 g/mol. The Bertz CT molecular complexity index is 81.4. The SMILES string of the molecule is CCC=C[N+](C)(C)C.[Cl-]. The number of halogens is 1. The van der Waals surface area contributed by atoms with Crippen LogP contribution in [0.1, 0.15) is 13.3 Å². The van der Waals surface area contributed by atoms with Crippen molar-refractivity contribution in [3.05, 3.63) is 12.3 Å². The second kappa shape index (κ2) is 4.83. The third-order valence-electron chi connectivity index (χ3n) is 0.788. The van der Waals surface area contributed by atoms with Gasteiger partial charge >= 0.3 is 0 Å². The molecular formula is C7H16ClN. The molecule has 0 heterocycles. The molecule has 0 fully saturated rings. The zero-order chi connectivity index (χ0) is 6.62. The fourth-order valence-electron chi connectivity index (χ4n) is 0.422. The van der Waals surface area contributed by atoms with Crippen molar-refractivity contribution >= 4 is 0 Å². The van der Waals surface area contributed by atoms with Crippen molar-refractivity contribution in [1.82, 2.24) is 0 Å². The molecule has 0 spiro atoms. The van der Waals surface area contributed by atoms with Gasteiger partial charge in [-0.2, -0.15) is 0 Å². The van der Waals surface area contributed by atoms with E-state index in [0.29, 0.717) is 0 Å². The van der Waals surface area contributed by atoms with Gasteiger partial charge < -0.3 is 16.9 Å². The highest BCUT2D eigenvalue weighted by molar-refractivity contribution is 4.69. The molecule has 0 rings (SSSR count). The molecule has 0 aromatic heterocycles. The summed E-state index contributed by atoms with van der Waals surface area (Å²) in [5.74, 6) is 0. The largest absolute Gasteiger partial charge is 1.00 e. The smallest absolute Gasteiger partial charge is 0.0911 e. The Balaban J connectivity index is 0. The average molecular weight is 150 g/mol. The van der Waals surface area contributed by atoms with Gasteiger partial charge in [0, 0.05) is 0 Å². The lowest BCUT2D eigenvalue weighted by atomic mass is 10.4. The Morgan fingerprint density at radius 1 is 1.22 bits per heavy atom. The highest BCUT2D eigenvalue weighted by Gasteiger charge is 1.96. The van der Waals surface area contributed by atoms with Gasteiger partial charge in [0.25, 0.3) is 0 Å². The standard InChI is InChI=1S/C7H16N.ClH/c1-5-6-7-8(2,3)4;/h6-7H,5H2,1-4H3;1H/q+1;/p-1. The fourth-order valence-corrected chi connectivity index (χ4v) is 0.422. The maximum absolute atomic E-state index is 2.18. The van der Waals surface area contributed by atoms with Gasteiger partial charge in [0.2, 0.25) is 0 Å². The van der Waals surface area contributed by atoms with Crippen LogP contribution < -0.4 is 12.4 Å². The highest BCUT2D eigenvalue weighted by Crippen LogP contribution is 1.91. The topological polar surface area (TPSA) is 0 Å². The van der Waals surface area contributed by atoms with Crippen molar-refractivity contribution in [2.24, 2.45) is 0 Å². The van der Waals surface area contributed by atoms with Gasteiger partial charge in [-0.3, -0.25) is 0 Å². The molecular weight excluding hydrogens is 134 g/mol. The molecule has 0 unspecified atom stereocenters. The summed E-state index contributed by atoms with van der Waals surface area (Å²) in [5, 5.41) is 0. The van der Waals surface area contributed by atoms with Gasteiger partial charge in [-0.25, -0.2) is 0 Å². The second-order valence-corrected chi connectivity index (χ2v) is 2.91. The van der Waals surface area contributed by atoms with Crippen LogP contribution >= 0.6 is 0 Å². The van der Waals surface area contributed by atoms with E-state index in [4.69, 9.17) is 0 Å². The summed E-state index contributed by atoms with van der Waals surface area (Å²) in [6.07, 6.45) is 5.50. The Kier molecular flexibility index (Phi) is 6.30. The molecule has 56 valence electrons. The molecule has 0 aliphatic rings. The Morgan fingerprint density at radius 3 is 1.78 bits per heavy atom. The van der Waals surface area contributed by atoms with Gasteiger partial charge in [-0.1, -0.05) is 6.92 Å². The number of hydrogen-bond donors (Lipinski definition) is 0. The maximum atomic E-state index is 2.18. The molecule has 0 saturated heterocycles. The molecule has 0 aromatic carbocycles. The highest BCUT2D eigenvalue weighted by atomic mass is 35.5. The van der Waals surface area contributed by atoms with Crippen LogP contribution in [0, 0.1) is 0 Å². The van der Waals surface area contributed by atoms with E-state index in [2.05, 4.69) is 40.3 Å². The predicted molar refractivity (Wildman–Crippen MR) is 37.5 cm³/mol. The minimum atomic E-state index is 0. The van der Waals surface area contributed by atoms with Gasteiger partial charge in [0.15, 0.2) is 0 Å². The van der Waals surface area contributed by atoms with Crippen molar-refractivity contribution in [1.29, 1.82) is 0 Å². The molecule has 0 aromatic rings. The van der Waals surface area contributed by atoms with E-state index in [1.807, 2.05) is 0 Å². The van der Waals surface area contributed by atoms with Crippen molar-refractivity contribution in [2.45, 2.75) is 13.3 Å². The van der Waals surface area contributed by atoms with E-state index in [1.54, 1.807) is 0 Å². The van der Waals surface area contributed by atoms with Crippen LogP contribution in [0.5, 0.6) is 0 Å². The van der Waals surface area contributed by atoms with Gasteiger partial charge in [-0.15, -0.1) is 0 Å². The number of rotatable bonds is 2. The number of quaternary nitrogens is 1. The molecule has 0 atom stereocenters. The Labute approximate surface area is 64.4 Å². The van der Waals surface area contributed by atoms with E-state index in [9.17, 15) is 0 Å². The third kappa shape index (κ3) is 11.5. The average Bonchev–Trinajstić information content (AvgIpc) is 1.59. The summed E-state index contributed by atoms with van der Waals surface area (Å²) in [6.45, 7) is 2.14. The number of nitrogens with zero attached hydrogens (tertiary/aromatic N) is 1. The van der Waals surface area contributed by atoms with Crippen molar-refractivity contribution < 1.29 is 16.9 Å². The second-order valence-electron chi connectivity index (χ2n) is 2.91. The molecule has 0 bridgehead atoms. The quantitative estimate of drug-likeness (QED) is 0.425. The first-order valence-corrected chi connectivity index (χ1v) is 3.05. The summed E-state index contributed by atoms with van der Waals surface area (Å²) < 4.78 is 0.924. The molecule has 0 radical (unpaired) electrons. The molecule has 9 heavy (non-hydrogen) atoms. The number of allylic oxidation sites excluding steroid dienone is 1. The maximum Gasteiger partial charge on any atom is 0.0911 e. The summed E-state index contributed by atoms with van der Waals surface area (Å²) in [6, 6.07) is 0. The van der Waals surface area contributed by atoms with E-state index >= 15 is 0 Å². The summed E-state index contributed by atoms with van der Waals surface area (Å²) in [7, 11) is 6.44. The summed E-state index contributed by atoms with van der Waals surface area (Å²) >= 11 is 0. The lowest BCUT2D eigenvalue weighted by Crippen LogP contribution is -3.00. The first-order valence-electron chi connectivity index (χ1n) is 3.05. The van der Waals surface area contributed by atoms with Gasteiger partial charge in [0.05, 0.1) is 27.3 Å². The van der Waals surface area contributed by atoms with E-state index in [1.165, 1.54) is 0 Å². The van der Waals surface area contributed by atoms with Crippen LogP contribution in [0.4, 0.5) is 0 Å². The third-order valence-corrected chi connectivity index (χ3v) is 0.788. The summed E-state index contributed by atoms with van der Waals surface area (Å²) in [4.78, 5) is 0. The molecule has 1 nitrogen and oxygen atoms in total. The zero-order valence-electron chi connectivity index (χ0n) is 6.69. The first-order chi connectivity index (χ1) is 3.56. The van der Waals surface area contributed by atoms with Crippen LogP contribution in [0.15, 0.2) is 12.3 Å². The zero-order valence-corrected chi connectivity index (χ0v) is 7.44. The molecule has 0 aliphatic heterocycles. The Hall–Kier alpha value is -0.0100. The van der Waals surface area contributed by atoms with Crippen LogP contribution in [0.25, 0.3) is 0 Å². The molecule has 0 aliphatic carbocycles. The van der Waals surface area contributed by atoms with Crippen molar-refractivity contribution in [3.63, 3.8) is 0 Å². The van der Waals surface area contributed by atoms with Crippen molar-refractivity contribution in [2.75, 3.05) is 21.1 Å². The predicted octanol–water partition coefficient (Wildman–Crippen LogP) is -1.38. The van der Waals surface area contributed by atoms with Crippen LogP contribution in [-0.4, -0.2) is 25.6 Å². The fraction of sp³-hybridized carbons (Fsp3) is 0.714. The molecule has 0 N–H and O–H groups in total. The van der Waals surface area contributed by atoms with E-state index < -0.39 is 0 Å². The van der Waals surface area contributed by atoms with Crippen molar-refractivity contribution in [3.8, 4) is 0 Å². The van der Waals surface area contributed by atoms with Crippen LogP contribution in [0.2, 0.25) is 0 Å². The summed E-state index contributed by atoms with van der Waals surface area (Å²) in [5.41, 5.74) is 0. The molecule has 0 amide bonds. The lowest BCUT2D eigenvalue weighted by molar-refractivity contribution is -0.817. The minimum Gasteiger partial charge on any atom is -1.00 e. The molecule has 0 saturated carbocycles. The normalized spacial score (nSPS) is 11.6. The minimum absolute atomic E-state index is 0.